The molecule has 1 aromatic heterocycles. The van der Waals surface area contributed by atoms with Gasteiger partial charge in [-0.1, -0.05) is 49.5 Å². The first-order chi connectivity index (χ1) is 3.79. The zero-order valence-electron chi connectivity index (χ0n) is 5.13. The van der Waals surface area contributed by atoms with Gasteiger partial charge >= 0.3 is 0 Å². The van der Waals surface area contributed by atoms with Crippen molar-refractivity contribution in [3.8, 4) is 0 Å². The van der Waals surface area contributed by atoms with Crippen LogP contribution in [0.5, 0.6) is 0 Å². The Balaban J connectivity index is -0.0000000267. The monoisotopic (exact) mass is 205 g/mol. The van der Waals surface area contributed by atoms with Crippen LogP contribution in [-0.4, -0.2) is 4.98 Å². The number of hydrogen-bond donors (Lipinski definition) is 0. The minimum absolute atomic E-state index is 0. The van der Waals surface area contributed by atoms with E-state index in [2.05, 4.69) is 4.98 Å². The molecule has 0 radical (unpaired) electrons. The highest BCUT2D eigenvalue weighted by Gasteiger charge is 1.88. The molecule has 0 spiro atoms. The number of nitrogens with zero attached hydrogens (tertiary/aromatic N) is 2. The van der Waals surface area contributed by atoms with Crippen LogP contribution in [-0.2, 0) is 7.05 Å². The zero-order chi connectivity index (χ0) is 5.98. The number of rotatable bonds is 0. The molecule has 1 aromatic rings. The molecule has 1 rings (SSSR count). The van der Waals surface area contributed by atoms with Crippen LogP contribution >= 0.6 is 0 Å². The molecule has 0 aliphatic rings. The summed E-state index contributed by atoms with van der Waals surface area (Å²) in [5.74, 6) is 0. The Morgan fingerprint density at radius 1 is 1.00 bits per heavy atom. The summed E-state index contributed by atoms with van der Waals surface area (Å²) < 4.78 is 1.93. The lowest BCUT2D eigenvalue weighted by Crippen LogP contribution is -2.27. The van der Waals surface area contributed by atoms with Gasteiger partial charge in [0.15, 0.2) is 0 Å². The van der Waals surface area contributed by atoms with E-state index < -0.39 is 0 Å². The Labute approximate surface area is 93.0 Å². The minimum Gasteiger partial charge on any atom is -0.240 e. The van der Waals surface area contributed by atoms with Gasteiger partial charge in [-0.3, -0.25) is 0 Å². The van der Waals surface area contributed by atoms with E-state index in [0.717, 1.165) is 0 Å². The Morgan fingerprint density at radius 2 is 1.43 bits per heavy atom. The summed E-state index contributed by atoms with van der Waals surface area (Å²) in [5, 5.41) is 0. The largest absolute Gasteiger partial charge is 0.285 e. The average molecular weight is 205 g/mol. The predicted molar refractivity (Wildman–Crippen MR) is 70.5 cm³/mol. The van der Waals surface area contributed by atoms with Crippen LogP contribution in [0.2, 0.25) is 0 Å². The lowest BCUT2D eigenvalue weighted by molar-refractivity contribution is -0.674. The van der Waals surface area contributed by atoms with Crippen molar-refractivity contribution >= 4 is 0 Å². The van der Waals surface area contributed by atoms with Gasteiger partial charge in [0.2, 0.25) is 0 Å². The Bertz CT molecular complexity index is 168. The van der Waals surface area contributed by atoms with Crippen molar-refractivity contribution in [1.82, 2.24) is 4.98 Å². The van der Waals surface area contributed by atoms with E-state index in [4.69, 9.17) is 0 Å². The average Bonchev–Trinajstić information content (AvgIpc) is 1.64. The Kier molecular flexibility index (Phi) is 48.9. The molecule has 0 unspecified atom stereocenters. The van der Waals surface area contributed by atoms with Gasteiger partial charge in [-0.25, -0.2) is 4.57 Å². The standard InChI is InChI=1S/C6H9N2.6CH4/c1-6-3-7-5-8(2)4-6;;;;;;/h3-5H,1-2H3;6*1H4/q+1;;;;;;. The third-order valence-corrected chi connectivity index (χ3v) is 0.934. The molecule has 0 saturated carbocycles. The van der Waals surface area contributed by atoms with Crippen molar-refractivity contribution in [1.29, 1.82) is 0 Å². The van der Waals surface area contributed by atoms with Gasteiger partial charge in [0.1, 0.15) is 6.20 Å². The molecule has 0 aliphatic carbocycles. The normalized spacial score (nSPS) is 5.29. The number of aryl methyl sites for hydroxylation is 2. The second kappa shape index (κ2) is 18.0. The minimum atomic E-state index is 0. The smallest absolute Gasteiger partial charge is 0.240 e. The van der Waals surface area contributed by atoms with Gasteiger partial charge in [-0.2, -0.15) is 0 Å². The molecule has 14 heavy (non-hydrogen) atoms. The highest BCUT2D eigenvalue weighted by molar-refractivity contribution is 4.93. The molecule has 1 heterocycles. The van der Waals surface area contributed by atoms with E-state index in [1.54, 1.807) is 6.33 Å². The SMILES string of the molecule is C.C.C.C.C.C.Cc1cnc[n+](C)c1. The summed E-state index contributed by atoms with van der Waals surface area (Å²) in [6, 6.07) is 0. The summed E-state index contributed by atoms with van der Waals surface area (Å²) in [6.07, 6.45) is 5.62. The van der Waals surface area contributed by atoms with Crippen LogP contribution in [0.1, 0.15) is 50.1 Å². The van der Waals surface area contributed by atoms with Gasteiger partial charge in [0.05, 0.1) is 13.2 Å². The molecule has 0 aromatic carbocycles. The quantitative estimate of drug-likeness (QED) is 0.584. The van der Waals surface area contributed by atoms with E-state index in [1.807, 2.05) is 30.9 Å². The Hall–Kier alpha value is -0.920. The fourth-order valence-corrected chi connectivity index (χ4v) is 0.644. The number of aromatic nitrogens is 2. The molecule has 0 atom stereocenters. The molecule has 0 fully saturated rings. The van der Waals surface area contributed by atoms with Crippen LogP contribution in [0.3, 0.4) is 0 Å². The van der Waals surface area contributed by atoms with Crippen molar-refractivity contribution < 1.29 is 4.57 Å². The van der Waals surface area contributed by atoms with Crippen LogP contribution in [0.25, 0.3) is 0 Å². The van der Waals surface area contributed by atoms with E-state index in [9.17, 15) is 0 Å². The molecule has 0 N–H and O–H groups in total. The summed E-state index contributed by atoms with van der Waals surface area (Å²) in [5.41, 5.74) is 1.19. The maximum Gasteiger partial charge on any atom is 0.285 e. The highest BCUT2D eigenvalue weighted by atomic mass is 15.0. The molecule has 0 saturated heterocycles. The first kappa shape index (κ1) is 38.1. The molecule has 0 aliphatic heterocycles. The van der Waals surface area contributed by atoms with Crippen LogP contribution < -0.4 is 4.57 Å². The fraction of sp³-hybridized carbons (Fsp3) is 0.667. The molecule has 0 bridgehead atoms. The van der Waals surface area contributed by atoms with Gasteiger partial charge in [-0.05, 0) is 6.92 Å². The predicted octanol–water partition coefficient (Wildman–Crippen LogP) is 4.03. The maximum absolute atomic E-state index is 3.95. The first-order valence-corrected chi connectivity index (χ1v) is 2.56. The summed E-state index contributed by atoms with van der Waals surface area (Å²) in [4.78, 5) is 3.95. The van der Waals surface area contributed by atoms with Crippen molar-refractivity contribution in [2.75, 3.05) is 0 Å². The first-order valence-electron chi connectivity index (χ1n) is 2.56. The van der Waals surface area contributed by atoms with E-state index in [1.165, 1.54) is 5.56 Å². The second-order valence-electron chi connectivity index (χ2n) is 1.93. The van der Waals surface area contributed by atoms with Crippen LogP contribution in [0.15, 0.2) is 18.7 Å². The summed E-state index contributed by atoms with van der Waals surface area (Å²) in [6.45, 7) is 2.02. The van der Waals surface area contributed by atoms with Crippen LogP contribution in [0, 0.1) is 6.92 Å². The van der Waals surface area contributed by atoms with Gasteiger partial charge < -0.3 is 0 Å². The van der Waals surface area contributed by atoms with Gasteiger partial charge in [0.25, 0.3) is 6.33 Å². The molecular formula is C12H33N2+. The lowest BCUT2D eigenvalue weighted by atomic mass is 10.4. The van der Waals surface area contributed by atoms with E-state index in [0.29, 0.717) is 0 Å². The van der Waals surface area contributed by atoms with E-state index >= 15 is 0 Å². The topological polar surface area (TPSA) is 16.8 Å². The van der Waals surface area contributed by atoms with Gasteiger partial charge in [0, 0.05) is 5.56 Å². The molecular weight excluding hydrogens is 172 g/mol. The van der Waals surface area contributed by atoms with Crippen LogP contribution in [0.4, 0.5) is 0 Å². The maximum atomic E-state index is 3.95. The van der Waals surface area contributed by atoms with Crippen molar-refractivity contribution in [3.05, 3.63) is 24.3 Å². The Morgan fingerprint density at radius 3 is 1.64 bits per heavy atom. The summed E-state index contributed by atoms with van der Waals surface area (Å²) in [7, 11) is 1.96. The fourth-order valence-electron chi connectivity index (χ4n) is 0.644. The van der Waals surface area contributed by atoms with Gasteiger partial charge in [-0.15, -0.1) is 0 Å². The number of hydrogen-bond acceptors (Lipinski definition) is 1. The second-order valence-corrected chi connectivity index (χ2v) is 1.93. The molecule has 90 valence electrons. The van der Waals surface area contributed by atoms with Crippen molar-refractivity contribution in [2.24, 2.45) is 7.05 Å². The highest BCUT2D eigenvalue weighted by Crippen LogP contribution is 1.82. The molecule has 2 heteroatoms. The van der Waals surface area contributed by atoms with Crippen molar-refractivity contribution in [2.45, 2.75) is 51.5 Å². The third-order valence-electron chi connectivity index (χ3n) is 0.934. The van der Waals surface area contributed by atoms with E-state index in [-0.39, 0.29) is 44.6 Å². The molecule has 0 amide bonds. The molecule has 2 nitrogen and oxygen atoms in total. The lowest BCUT2D eigenvalue weighted by Gasteiger charge is -1.84. The zero-order valence-corrected chi connectivity index (χ0v) is 5.13. The van der Waals surface area contributed by atoms with Crippen molar-refractivity contribution in [3.63, 3.8) is 0 Å². The third kappa shape index (κ3) is 13.7. The summed E-state index contributed by atoms with van der Waals surface area (Å²) >= 11 is 0.